The maximum absolute atomic E-state index is 12.8. The van der Waals surface area contributed by atoms with Crippen molar-refractivity contribution in [3.8, 4) is 0 Å². The summed E-state index contributed by atoms with van der Waals surface area (Å²) in [4.78, 5) is 26.2. The van der Waals surface area contributed by atoms with E-state index in [0.29, 0.717) is 12.3 Å². The Morgan fingerprint density at radius 1 is 1.00 bits per heavy atom. The molecule has 1 aromatic carbocycles. The third-order valence-corrected chi connectivity index (χ3v) is 5.15. The molecule has 6 nitrogen and oxygen atoms in total. The number of para-hydroxylation sites is 1. The molecule has 0 aromatic heterocycles. The predicted octanol–water partition coefficient (Wildman–Crippen LogP) is 6.25. The first-order chi connectivity index (χ1) is 13.8. The molecule has 0 aliphatic carbocycles. The van der Waals surface area contributed by atoms with Gasteiger partial charge in [0.05, 0.1) is 6.04 Å². The molecule has 0 saturated carbocycles. The van der Waals surface area contributed by atoms with Gasteiger partial charge in [0.1, 0.15) is 0 Å². The van der Waals surface area contributed by atoms with E-state index in [1.807, 2.05) is 39.0 Å². The van der Waals surface area contributed by atoms with E-state index in [4.69, 9.17) is 0 Å². The van der Waals surface area contributed by atoms with E-state index >= 15 is 0 Å². The number of carbonyl (C=O) groups is 2. The summed E-state index contributed by atoms with van der Waals surface area (Å²) < 4.78 is 0. The van der Waals surface area contributed by atoms with Gasteiger partial charge in [-0.3, -0.25) is 4.90 Å². The summed E-state index contributed by atoms with van der Waals surface area (Å²) in [5, 5.41) is 15.7. The summed E-state index contributed by atoms with van der Waals surface area (Å²) in [5.74, 6) is 0.852. The monoisotopic (exact) mass is 419 g/mol. The SMILES string of the molecule is CC(C)CC(CNC(=O)Nc1c(C(C)C)cccc1C(C)C)N(C(=O)O)C(C)(C)C. The van der Waals surface area contributed by atoms with E-state index < -0.39 is 11.6 Å². The fourth-order valence-electron chi connectivity index (χ4n) is 3.88. The molecular formula is C24H41N3O3. The Morgan fingerprint density at radius 2 is 1.50 bits per heavy atom. The highest BCUT2D eigenvalue weighted by Crippen LogP contribution is 2.32. The summed E-state index contributed by atoms with van der Waals surface area (Å²) in [7, 11) is 0. The molecule has 170 valence electrons. The lowest BCUT2D eigenvalue weighted by Crippen LogP contribution is -2.55. The predicted molar refractivity (Wildman–Crippen MR) is 125 cm³/mol. The van der Waals surface area contributed by atoms with Gasteiger partial charge in [-0.05, 0) is 56.1 Å². The van der Waals surface area contributed by atoms with Crippen molar-refractivity contribution >= 4 is 17.8 Å². The van der Waals surface area contributed by atoms with E-state index in [1.165, 1.54) is 4.90 Å². The maximum Gasteiger partial charge on any atom is 0.408 e. The summed E-state index contributed by atoms with van der Waals surface area (Å²) in [5.41, 5.74) is 2.48. The van der Waals surface area contributed by atoms with E-state index in [0.717, 1.165) is 16.8 Å². The van der Waals surface area contributed by atoms with Crippen molar-refractivity contribution in [2.75, 3.05) is 11.9 Å². The number of nitrogens with one attached hydrogen (secondary N) is 2. The second-order valence-electron chi connectivity index (χ2n) is 10.1. The molecule has 0 saturated heterocycles. The van der Waals surface area contributed by atoms with Crippen molar-refractivity contribution < 1.29 is 14.7 Å². The Morgan fingerprint density at radius 3 is 1.87 bits per heavy atom. The molecule has 1 aromatic rings. The first kappa shape index (κ1) is 25.8. The summed E-state index contributed by atoms with van der Waals surface area (Å²) >= 11 is 0. The number of benzene rings is 1. The highest BCUT2D eigenvalue weighted by Gasteiger charge is 2.33. The molecule has 0 aliphatic heterocycles. The van der Waals surface area contributed by atoms with Crippen LogP contribution in [0, 0.1) is 5.92 Å². The number of anilines is 1. The molecule has 30 heavy (non-hydrogen) atoms. The average Bonchev–Trinajstić information content (AvgIpc) is 2.57. The first-order valence-corrected chi connectivity index (χ1v) is 11.0. The molecule has 1 unspecified atom stereocenters. The quantitative estimate of drug-likeness (QED) is 0.466. The lowest BCUT2D eigenvalue weighted by molar-refractivity contribution is 0.0635. The Bertz CT molecular complexity index is 695. The van der Waals surface area contributed by atoms with Crippen LogP contribution in [0.2, 0.25) is 0 Å². The molecule has 0 aliphatic rings. The molecule has 0 spiro atoms. The lowest BCUT2D eigenvalue weighted by Gasteiger charge is -2.40. The smallest absolute Gasteiger partial charge is 0.408 e. The van der Waals surface area contributed by atoms with Crippen LogP contribution in [0.4, 0.5) is 15.3 Å². The number of nitrogens with zero attached hydrogens (tertiary/aromatic N) is 1. The fourth-order valence-corrected chi connectivity index (χ4v) is 3.88. The van der Waals surface area contributed by atoms with Gasteiger partial charge >= 0.3 is 12.1 Å². The Balaban J connectivity index is 3.05. The molecule has 0 bridgehead atoms. The lowest BCUT2D eigenvalue weighted by atomic mass is 9.93. The van der Waals surface area contributed by atoms with Gasteiger partial charge in [0, 0.05) is 17.8 Å². The largest absolute Gasteiger partial charge is 0.465 e. The van der Waals surface area contributed by atoms with Crippen LogP contribution in [0.15, 0.2) is 18.2 Å². The fraction of sp³-hybridized carbons (Fsp3) is 0.667. The number of urea groups is 1. The molecule has 0 heterocycles. The maximum atomic E-state index is 12.8. The van der Waals surface area contributed by atoms with Crippen LogP contribution in [0.5, 0.6) is 0 Å². The summed E-state index contributed by atoms with van der Waals surface area (Å²) in [6, 6.07) is 5.50. The van der Waals surface area contributed by atoms with Gasteiger partial charge in [-0.1, -0.05) is 59.7 Å². The zero-order chi connectivity index (χ0) is 23.2. The molecule has 1 atom stereocenters. The molecule has 1 rings (SSSR count). The van der Waals surface area contributed by atoms with Crippen molar-refractivity contribution in [3.63, 3.8) is 0 Å². The molecule has 3 amide bonds. The van der Waals surface area contributed by atoms with Gasteiger partial charge < -0.3 is 15.7 Å². The van der Waals surface area contributed by atoms with Gasteiger partial charge in [-0.2, -0.15) is 0 Å². The van der Waals surface area contributed by atoms with Gasteiger partial charge in [0.25, 0.3) is 0 Å². The van der Waals surface area contributed by atoms with Crippen LogP contribution >= 0.6 is 0 Å². The third-order valence-electron chi connectivity index (χ3n) is 5.15. The van der Waals surface area contributed by atoms with E-state index in [1.54, 1.807) is 0 Å². The molecular weight excluding hydrogens is 378 g/mol. The van der Waals surface area contributed by atoms with Crippen LogP contribution in [-0.2, 0) is 0 Å². The van der Waals surface area contributed by atoms with Crippen LogP contribution in [0.3, 0.4) is 0 Å². The van der Waals surface area contributed by atoms with Gasteiger partial charge in [0.15, 0.2) is 0 Å². The normalized spacial score (nSPS) is 12.9. The van der Waals surface area contributed by atoms with Gasteiger partial charge in [-0.25, -0.2) is 9.59 Å². The second-order valence-corrected chi connectivity index (χ2v) is 10.1. The average molecular weight is 420 g/mol. The number of rotatable bonds is 8. The van der Waals surface area contributed by atoms with Gasteiger partial charge in [-0.15, -0.1) is 0 Å². The van der Waals surface area contributed by atoms with Gasteiger partial charge in [0.2, 0.25) is 0 Å². The number of carbonyl (C=O) groups excluding carboxylic acids is 1. The minimum absolute atomic E-state index is 0.258. The minimum Gasteiger partial charge on any atom is -0.465 e. The first-order valence-electron chi connectivity index (χ1n) is 11.0. The van der Waals surface area contributed by atoms with Crippen LogP contribution < -0.4 is 10.6 Å². The topological polar surface area (TPSA) is 81.7 Å². The zero-order valence-corrected chi connectivity index (χ0v) is 20.2. The standard InChI is InChI=1S/C24H41N3O3/c1-15(2)13-18(27(23(29)30)24(7,8)9)14-25-22(28)26-21-19(16(3)4)11-10-12-20(21)17(5)6/h10-12,15-18H,13-14H2,1-9H3,(H,29,30)(H2,25,26,28). The summed E-state index contributed by atoms with van der Waals surface area (Å²) in [6.07, 6.45) is -0.299. The van der Waals surface area contributed by atoms with Crippen molar-refractivity contribution in [3.05, 3.63) is 29.3 Å². The highest BCUT2D eigenvalue weighted by molar-refractivity contribution is 5.91. The van der Waals surface area contributed by atoms with Crippen molar-refractivity contribution in [2.45, 2.75) is 92.2 Å². The molecule has 3 N–H and O–H groups in total. The molecule has 0 radical (unpaired) electrons. The van der Waals surface area contributed by atoms with Crippen molar-refractivity contribution in [1.82, 2.24) is 10.2 Å². The van der Waals surface area contributed by atoms with Crippen molar-refractivity contribution in [1.29, 1.82) is 0 Å². The van der Waals surface area contributed by atoms with Crippen LogP contribution in [0.25, 0.3) is 0 Å². The number of carboxylic acid groups (broad SMARTS) is 1. The van der Waals surface area contributed by atoms with E-state index in [2.05, 4.69) is 52.2 Å². The van der Waals surface area contributed by atoms with Crippen molar-refractivity contribution in [2.24, 2.45) is 5.92 Å². The second kappa shape index (κ2) is 10.7. The van der Waals surface area contributed by atoms with Crippen LogP contribution in [0.1, 0.15) is 91.7 Å². The van der Waals surface area contributed by atoms with E-state index in [9.17, 15) is 14.7 Å². The molecule has 0 fully saturated rings. The van der Waals surface area contributed by atoms with Crippen LogP contribution in [-0.4, -0.2) is 40.3 Å². The number of amides is 3. The minimum atomic E-state index is -0.970. The number of hydrogen-bond acceptors (Lipinski definition) is 2. The number of hydrogen-bond donors (Lipinski definition) is 3. The zero-order valence-electron chi connectivity index (χ0n) is 20.2. The third kappa shape index (κ3) is 7.22. The Kier molecular flexibility index (Phi) is 9.19. The Hall–Kier alpha value is -2.24. The van der Waals surface area contributed by atoms with E-state index in [-0.39, 0.29) is 30.5 Å². The highest BCUT2D eigenvalue weighted by atomic mass is 16.4. The summed E-state index contributed by atoms with van der Waals surface area (Å²) in [6.45, 7) is 18.4. The molecule has 6 heteroatoms. The Labute approximate surface area is 182 Å².